The predicted molar refractivity (Wildman–Crippen MR) is 76.4 cm³/mol. The number of hydrogen-bond donors (Lipinski definition) is 2. The standard InChI is InChI=1S/C15H26N2O3/c1-11-4-2-3-5-13(11)16-14(18)10-17-7-6-12(9-17)8-15(19)20/h11-13H,2-10H2,1H3,(H,16,18)(H,19,20). The lowest BCUT2D eigenvalue weighted by Gasteiger charge is -2.30. The molecule has 20 heavy (non-hydrogen) atoms. The van der Waals surface area contributed by atoms with Gasteiger partial charge in [-0.1, -0.05) is 19.8 Å². The fraction of sp³-hybridized carbons (Fsp3) is 0.867. The lowest BCUT2D eigenvalue weighted by molar-refractivity contribution is -0.138. The van der Waals surface area contributed by atoms with E-state index in [1.54, 1.807) is 0 Å². The Labute approximate surface area is 120 Å². The second-order valence-electron chi connectivity index (χ2n) is 6.42. The van der Waals surface area contributed by atoms with E-state index >= 15 is 0 Å². The molecule has 2 fully saturated rings. The number of likely N-dealkylation sites (tertiary alicyclic amines) is 1. The molecule has 3 unspecified atom stereocenters. The molecule has 1 aliphatic heterocycles. The third-order valence-corrected chi connectivity index (χ3v) is 4.66. The van der Waals surface area contributed by atoms with Gasteiger partial charge in [0.15, 0.2) is 0 Å². The highest BCUT2D eigenvalue weighted by Crippen LogP contribution is 2.24. The zero-order chi connectivity index (χ0) is 14.5. The van der Waals surface area contributed by atoms with Crippen molar-refractivity contribution in [1.29, 1.82) is 0 Å². The third kappa shape index (κ3) is 4.47. The molecule has 5 nitrogen and oxygen atoms in total. The number of carbonyl (C=O) groups excluding carboxylic acids is 1. The van der Waals surface area contributed by atoms with Gasteiger partial charge in [-0.05, 0) is 37.6 Å². The summed E-state index contributed by atoms with van der Waals surface area (Å²) >= 11 is 0. The number of carboxylic acids is 1. The van der Waals surface area contributed by atoms with Gasteiger partial charge in [-0.3, -0.25) is 14.5 Å². The highest BCUT2D eigenvalue weighted by Gasteiger charge is 2.27. The first-order valence-electron chi connectivity index (χ1n) is 7.78. The monoisotopic (exact) mass is 282 g/mol. The van der Waals surface area contributed by atoms with E-state index in [1.807, 2.05) is 0 Å². The van der Waals surface area contributed by atoms with Crippen molar-refractivity contribution in [1.82, 2.24) is 10.2 Å². The number of hydrogen-bond acceptors (Lipinski definition) is 3. The van der Waals surface area contributed by atoms with Gasteiger partial charge in [-0.25, -0.2) is 0 Å². The molecule has 3 atom stereocenters. The van der Waals surface area contributed by atoms with Crippen LogP contribution in [0.15, 0.2) is 0 Å². The van der Waals surface area contributed by atoms with E-state index < -0.39 is 5.97 Å². The number of aliphatic carboxylic acids is 1. The van der Waals surface area contributed by atoms with E-state index in [0.717, 1.165) is 25.9 Å². The van der Waals surface area contributed by atoms with Gasteiger partial charge >= 0.3 is 5.97 Å². The van der Waals surface area contributed by atoms with Gasteiger partial charge in [0.25, 0.3) is 0 Å². The summed E-state index contributed by atoms with van der Waals surface area (Å²) in [5.74, 6) is 0.136. The quantitative estimate of drug-likeness (QED) is 0.801. The Balaban J connectivity index is 1.71. The van der Waals surface area contributed by atoms with Gasteiger partial charge in [-0.15, -0.1) is 0 Å². The first-order chi connectivity index (χ1) is 9.54. The molecule has 2 N–H and O–H groups in total. The van der Waals surface area contributed by atoms with Crippen molar-refractivity contribution in [2.75, 3.05) is 19.6 Å². The van der Waals surface area contributed by atoms with Gasteiger partial charge in [0.1, 0.15) is 0 Å². The fourth-order valence-corrected chi connectivity index (χ4v) is 3.46. The Bertz CT molecular complexity index is 359. The molecule has 2 rings (SSSR count). The van der Waals surface area contributed by atoms with E-state index in [1.165, 1.54) is 19.3 Å². The second kappa shape index (κ2) is 7.07. The lowest BCUT2D eigenvalue weighted by atomic mass is 9.86. The minimum Gasteiger partial charge on any atom is -0.481 e. The number of amides is 1. The van der Waals surface area contributed by atoms with Crippen LogP contribution in [0.1, 0.15) is 45.4 Å². The maximum atomic E-state index is 12.1. The molecule has 0 aromatic carbocycles. The molecule has 2 aliphatic rings. The van der Waals surface area contributed by atoms with Crippen molar-refractivity contribution in [3.05, 3.63) is 0 Å². The van der Waals surface area contributed by atoms with Crippen LogP contribution in [0, 0.1) is 11.8 Å². The SMILES string of the molecule is CC1CCCCC1NC(=O)CN1CCC(CC(=O)O)C1. The van der Waals surface area contributed by atoms with Gasteiger partial charge in [0.2, 0.25) is 5.91 Å². The van der Waals surface area contributed by atoms with Gasteiger partial charge in [0.05, 0.1) is 6.54 Å². The third-order valence-electron chi connectivity index (χ3n) is 4.66. The van der Waals surface area contributed by atoms with Crippen molar-refractivity contribution in [2.24, 2.45) is 11.8 Å². The minimum absolute atomic E-state index is 0.0970. The summed E-state index contributed by atoms with van der Waals surface area (Å²) in [7, 11) is 0. The average molecular weight is 282 g/mol. The molecule has 0 radical (unpaired) electrons. The second-order valence-corrected chi connectivity index (χ2v) is 6.42. The van der Waals surface area contributed by atoms with E-state index in [0.29, 0.717) is 18.5 Å². The number of carboxylic acid groups (broad SMARTS) is 1. The van der Waals surface area contributed by atoms with Crippen LogP contribution in [-0.4, -0.2) is 47.6 Å². The van der Waals surface area contributed by atoms with Crippen molar-refractivity contribution in [3.63, 3.8) is 0 Å². The summed E-state index contributed by atoms with van der Waals surface area (Å²) in [6.07, 6.45) is 5.89. The molecule has 1 saturated carbocycles. The first kappa shape index (κ1) is 15.3. The highest BCUT2D eigenvalue weighted by atomic mass is 16.4. The molecule has 0 aromatic rings. The average Bonchev–Trinajstić information content (AvgIpc) is 2.78. The van der Waals surface area contributed by atoms with Crippen LogP contribution in [0.2, 0.25) is 0 Å². The molecule has 114 valence electrons. The van der Waals surface area contributed by atoms with Crippen LogP contribution in [0.5, 0.6) is 0 Å². The predicted octanol–water partition coefficient (Wildman–Crippen LogP) is 1.48. The summed E-state index contributed by atoms with van der Waals surface area (Å²) in [5.41, 5.74) is 0. The van der Waals surface area contributed by atoms with Crippen molar-refractivity contribution < 1.29 is 14.7 Å². The molecule has 1 amide bonds. The van der Waals surface area contributed by atoms with Crippen LogP contribution in [0.3, 0.4) is 0 Å². The summed E-state index contributed by atoms with van der Waals surface area (Å²) in [5, 5.41) is 11.9. The van der Waals surface area contributed by atoms with E-state index in [4.69, 9.17) is 5.11 Å². The number of nitrogens with one attached hydrogen (secondary N) is 1. The lowest BCUT2D eigenvalue weighted by Crippen LogP contribution is -2.45. The summed E-state index contributed by atoms with van der Waals surface area (Å²) in [6, 6.07) is 0.327. The summed E-state index contributed by atoms with van der Waals surface area (Å²) in [6.45, 7) is 4.20. The number of carbonyl (C=O) groups is 2. The van der Waals surface area contributed by atoms with Crippen LogP contribution in [-0.2, 0) is 9.59 Å². The zero-order valence-corrected chi connectivity index (χ0v) is 12.3. The van der Waals surface area contributed by atoms with Gasteiger partial charge in [-0.2, -0.15) is 0 Å². The maximum absolute atomic E-state index is 12.1. The summed E-state index contributed by atoms with van der Waals surface area (Å²) < 4.78 is 0. The zero-order valence-electron chi connectivity index (χ0n) is 12.3. The Morgan fingerprint density at radius 3 is 2.70 bits per heavy atom. The molecular weight excluding hydrogens is 256 g/mol. The number of nitrogens with zero attached hydrogens (tertiary/aromatic N) is 1. The molecule has 1 saturated heterocycles. The van der Waals surface area contributed by atoms with Crippen LogP contribution >= 0.6 is 0 Å². The molecule has 1 heterocycles. The van der Waals surface area contributed by atoms with Gasteiger partial charge in [0, 0.05) is 19.0 Å². The highest BCUT2D eigenvalue weighted by molar-refractivity contribution is 5.78. The molecule has 0 bridgehead atoms. The Hall–Kier alpha value is -1.10. The minimum atomic E-state index is -0.739. The smallest absolute Gasteiger partial charge is 0.303 e. The van der Waals surface area contributed by atoms with E-state index in [-0.39, 0.29) is 18.2 Å². The molecule has 0 spiro atoms. The van der Waals surface area contributed by atoms with Crippen LogP contribution < -0.4 is 5.32 Å². The Kier molecular flexibility index (Phi) is 5.40. The topological polar surface area (TPSA) is 69.6 Å². The van der Waals surface area contributed by atoms with Crippen molar-refractivity contribution in [2.45, 2.75) is 51.5 Å². The fourth-order valence-electron chi connectivity index (χ4n) is 3.46. The maximum Gasteiger partial charge on any atom is 0.303 e. The van der Waals surface area contributed by atoms with Crippen LogP contribution in [0.25, 0.3) is 0 Å². The van der Waals surface area contributed by atoms with Gasteiger partial charge < -0.3 is 10.4 Å². The van der Waals surface area contributed by atoms with Crippen molar-refractivity contribution >= 4 is 11.9 Å². The Morgan fingerprint density at radius 2 is 2.00 bits per heavy atom. The molecule has 1 aliphatic carbocycles. The molecular formula is C15H26N2O3. The number of rotatable bonds is 5. The first-order valence-corrected chi connectivity index (χ1v) is 7.78. The van der Waals surface area contributed by atoms with Crippen LogP contribution in [0.4, 0.5) is 0 Å². The summed E-state index contributed by atoms with van der Waals surface area (Å²) in [4.78, 5) is 24.8. The van der Waals surface area contributed by atoms with Crippen molar-refractivity contribution in [3.8, 4) is 0 Å². The van der Waals surface area contributed by atoms with E-state index in [2.05, 4.69) is 17.1 Å². The normalized spacial score (nSPS) is 31.1. The Morgan fingerprint density at radius 1 is 1.25 bits per heavy atom. The molecule has 0 aromatic heterocycles. The largest absolute Gasteiger partial charge is 0.481 e. The molecule has 5 heteroatoms. The van der Waals surface area contributed by atoms with E-state index in [9.17, 15) is 9.59 Å².